The van der Waals surface area contributed by atoms with Crippen LogP contribution in [0.2, 0.25) is 0 Å². The zero-order chi connectivity index (χ0) is 10.6. The van der Waals surface area contributed by atoms with Gasteiger partial charge >= 0.3 is 0 Å². The van der Waals surface area contributed by atoms with Crippen LogP contribution in [0.5, 0.6) is 0 Å². The Morgan fingerprint density at radius 1 is 1.27 bits per heavy atom. The lowest BCUT2D eigenvalue weighted by atomic mass is 9.46. The van der Waals surface area contributed by atoms with E-state index >= 15 is 0 Å². The van der Waals surface area contributed by atoms with Crippen molar-refractivity contribution in [3.8, 4) is 0 Å². The highest BCUT2D eigenvalue weighted by atomic mass is 16.4. The van der Waals surface area contributed by atoms with Gasteiger partial charge in [-0.3, -0.25) is 0 Å². The second-order valence-corrected chi connectivity index (χ2v) is 6.09. The molecule has 4 aliphatic rings. The molecule has 0 saturated heterocycles. The number of nitrogens with two attached hydrogens (primary N) is 1. The van der Waals surface area contributed by atoms with Crippen molar-refractivity contribution >= 4 is 5.84 Å². The molecule has 2 atom stereocenters. The van der Waals surface area contributed by atoms with E-state index in [4.69, 9.17) is 10.9 Å². The van der Waals surface area contributed by atoms with Crippen molar-refractivity contribution in [1.29, 1.82) is 0 Å². The van der Waals surface area contributed by atoms with E-state index in [1.807, 2.05) is 0 Å². The predicted molar refractivity (Wildman–Crippen MR) is 58.6 cm³/mol. The molecule has 0 aromatic carbocycles. The molecule has 0 aromatic heterocycles. The van der Waals surface area contributed by atoms with Crippen molar-refractivity contribution in [3.05, 3.63) is 0 Å². The third-order valence-corrected chi connectivity index (χ3v) is 5.40. The minimum Gasteiger partial charge on any atom is -0.409 e. The number of hydrogen-bond donors (Lipinski definition) is 2. The molecule has 4 bridgehead atoms. The average molecular weight is 208 g/mol. The molecule has 4 rings (SSSR count). The summed E-state index contributed by atoms with van der Waals surface area (Å²) in [6, 6.07) is 0. The topological polar surface area (TPSA) is 58.6 Å². The Labute approximate surface area is 90.7 Å². The molecule has 0 heterocycles. The summed E-state index contributed by atoms with van der Waals surface area (Å²) < 4.78 is 0. The van der Waals surface area contributed by atoms with Gasteiger partial charge in [-0.2, -0.15) is 0 Å². The van der Waals surface area contributed by atoms with Gasteiger partial charge in [0.1, 0.15) is 5.84 Å². The van der Waals surface area contributed by atoms with E-state index in [1.165, 1.54) is 19.3 Å². The van der Waals surface area contributed by atoms with Crippen molar-refractivity contribution in [1.82, 2.24) is 0 Å². The summed E-state index contributed by atoms with van der Waals surface area (Å²) in [6.45, 7) is 2.40. The van der Waals surface area contributed by atoms with Crippen LogP contribution in [0, 0.1) is 29.1 Å². The lowest BCUT2D eigenvalue weighted by Crippen LogP contribution is -2.55. The summed E-state index contributed by atoms with van der Waals surface area (Å²) in [6.07, 6.45) is 6.27. The second-order valence-electron chi connectivity index (χ2n) is 6.09. The molecule has 4 aliphatic carbocycles. The number of nitrogens with zero attached hydrogens (tertiary/aromatic N) is 1. The SMILES string of the molecule is CC1C2CC3CC1CC(/C(N)=N/O)(C3)C2. The Hall–Kier alpha value is -0.730. The van der Waals surface area contributed by atoms with E-state index in [0.717, 1.165) is 36.5 Å². The van der Waals surface area contributed by atoms with Gasteiger partial charge in [-0.15, -0.1) is 0 Å². The fourth-order valence-electron chi connectivity index (χ4n) is 4.70. The Bertz CT molecular complexity index is 297. The number of rotatable bonds is 1. The largest absolute Gasteiger partial charge is 0.409 e. The van der Waals surface area contributed by atoms with Gasteiger partial charge in [-0.05, 0) is 55.8 Å². The Morgan fingerprint density at radius 3 is 2.40 bits per heavy atom. The summed E-state index contributed by atoms with van der Waals surface area (Å²) in [5.74, 6) is 3.88. The van der Waals surface area contributed by atoms with E-state index < -0.39 is 0 Å². The first-order valence-corrected chi connectivity index (χ1v) is 6.12. The molecular weight excluding hydrogens is 188 g/mol. The number of hydrogen-bond acceptors (Lipinski definition) is 2. The van der Waals surface area contributed by atoms with Crippen LogP contribution in [0.3, 0.4) is 0 Å². The molecule has 4 saturated carbocycles. The number of amidine groups is 1. The first-order valence-electron chi connectivity index (χ1n) is 6.12. The maximum Gasteiger partial charge on any atom is 0.145 e. The highest BCUT2D eigenvalue weighted by molar-refractivity contribution is 5.86. The smallest absolute Gasteiger partial charge is 0.145 e. The molecule has 0 amide bonds. The van der Waals surface area contributed by atoms with E-state index in [0.29, 0.717) is 5.84 Å². The fourth-order valence-corrected chi connectivity index (χ4v) is 4.70. The summed E-state index contributed by atoms with van der Waals surface area (Å²) in [5.41, 5.74) is 5.98. The van der Waals surface area contributed by atoms with Crippen LogP contribution in [0.15, 0.2) is 5.16 Å². The highest BCUT2D eigenvalue weighted by Crippen LogP contribution is 2.62. The monoisotopic (exact) mass is 208 g/mol. The van der Waals surface area contributed by atoms with Crippen LogP contribution in [-0.2, 0) is 0 Å². The predicted octanol–water partition coefficient (Wildman–Crippen LogP) is 2.20. The van der Waals surface area contributed by atoms with Crippen LogP contribution >= 0.6 is 0 Å². The molecule has 0 radical (unpaired) electrons. The van der Waals surface area contributed by atoms with E-state index in [-0.39, 0.29) is 5.41 Å². The molecule has 3 N–H and O–H groups in total. The summed E-state index contributed by atoms with van der Waals surface area (Å²) in [4.78, 5) is 0. The van der Waals surface area contributed by atoms with Crippen LogP contribution in [0.4, 0.5) is 0 Å². The molecule has 15 heavy (non-hydrogen) atoms. The fraction of sp³-hybridized carbons (Fsp3) is 0.917. The lowest BCUT2D eigenvalue weighted by molar-refractivity contribution is -0.0568. The molecule has 0 aliphatic heterocycles. The van der Waals surface area contributed by atoms with Gasteiger partial charge in [-0.25, -0.2) is 0 Å². The van der Waals surface area contributed by atoms with Crippen molar-refractivity contribution in [3.63, 3.8) is 0 Å². The average Bonchev–Trinajstić information content (AvgIpc) is 2.23. The molecule has 4 fully saturated rings. The van der Waals surface area contributed by atoms with Crippen LogP contribution in [0.25, 0.3) is 0 Å². The molecule has 0 aromatic rings. The first kappa shape index (κ1) is 9.49. The Kier molecular flexibility index (Phi) is 1.83. The van der Waals surface area contributed by atoms with Gasteiger partial charge in [0.05, 0.1) is 0 Å². The maximum atomic E-state index is 8.92. The van der Waals surface area contributed by atoms with Gasteiger partial charge in [-0.1, -0.05) is 12.1 Å². The van der Waals surface area contributed by atoms with Crippen molar-refractivity contribution in [2.45, 2.75) is 39.0 Å². The van der Waals surface area contributed by atoms with E-state index in [2.05, 4.69) is 12.1 Å². The van der Waals surface area contributed by atoms with Crippen molar-refractivity contribution < 1.29 is 5.21 Å². The second kappa shape index (κ2) is 2.89. The van der Waals surface area contributed by atoms with Crippen molar-refractivity contribution in [2.75, 3.05) is 0 Å². The molecule has 2 unspecified atom stereocenters. The lowest BCUT2D eigenvalue weighted by Gasteiger charge is -2.59. The molecule has 84 valence electrons. The van der Waals surface area contributed by atoms with Crippen LogP contribution < -0.4 is 5.73 Å². The summed E-state index contributed by atoms with van der Waals surface area (Å²) in [5, 5.41) is 12.2. The van der Waals surface area contributed by atoms with Gasteiger partial charge in [0.2, 0.25) is 0 Å². The van der Waals surface area contributed by atoms with Gasteiger partial charge in [0.25, 0.3) is 0 Å². The third-order valence-electron chi connectivity index (χ3n) is 5.40. The van der Waals surface area contributed by atoms with Gasteiger partial charge in [0.15, 0.2) is 0 Å². The zero-order valence-electron chi connectivity index (χ0n) is 9.32. The normalized spacial score (nSPS) is 53.5. The Balaban J connectivity index is 1.95. The minimum absolute atomic E-state index is 0.0672. The molecule has 3 nitrogen and oxygen atoms in total. The van der Waals surface area contributed by atoms with Crippen molar-refractivity contribution in [2.24, 2.45) is 40.0 Å². The van der Waals surface area contributed by atoms with Crippen LogP contribution in [0.1, 0.15) is 39.0 Å². The summed E-state index contributed by atoms with van der Waals surface area (Å²) >= 11 is 0. The maximum absolute atomic E-state index is 8.92. The first-order chi connectivity index (χ1) is 7.14. The third kappa shape index (κ3) is 1.15. The van der Waals surface area contributed by atoms with Gasteiger partial charge < -0.3 is 10.9 Å². The van der Waals surface area contributed by atoms with Gasteiger partial charge in [0, 0.05) is 5.41 Å². The minimum atomic E-state index is 0.0672. The zero-order valence-corrected chi connectivity index (χ0v) is 9.32. The highest BCUT2D eigenvalue weighted by Gasteiger charge is 2.55. The summed E-state index contributed by atoms with van der Waals surface area (Å²) in [7, 11) is 0. The molecule has 0 spiro atoms. The molecule has 3 heteroatoms. The van der Waals surface area contributed by atoms with E-state index in [1.54, 1.807) is 0 Å². The van der Waals surface area contributed by atoms with E-state index in [9.17, 15) is 0 Å². The Morgan fingerprint density at radius 2 is 1.87 bits per heavy atom. The number of oxime groups is 1. The van der Waals surface area contributed by atoms with Crippen LogP contribution in [-0.4, -0.2) is 11.0 Å². The quantitative estimate of drug-likeness (QED) is 0.300. The standard InChI is InChI=1S/C12H20N2O/c1-7-9-2-8-3-10(7)6-12(4-8,5-9)11(13)14-15/h7-10,15H,2-6H2,1H3,(H2,13,14). The molecular formula is C12H20N2O.